The van der Waals surface area contributed by atoms with Gasteiger partial charge < -0.3 is 10.2 Å². The summed E-state index contributed by atoms with van der Waals surface area (Å²) in [6.07, 6.45) is -0.865. The number of pyridine rings is 1. The lowest BCUT2D eigenvalue weighted by atomic mass is 10.0. The summed E-state index contributed by atoms with van der Waals surface area (Å²) >= 11 is 1.50. The number of hydrogen-bond donors (Lipinski definition) is 2. The first-order chi connectivity index (χ1) is 18.8. The van der Waals surface area contributed by atoms with Crippen molar-refractivity contribution < 1.29 is 18.0 Å². The highest BCUT2D eigenvalue weighted by Crippen LogP contribution is 2.35. The van der Waals surface area contributed by atoms with Crippen molar-refractivity contribution in [2.45, 2.75) is 24.0 Å². The molecule has 1 amide bonds. The molecule has 0 saturated carbocycles. The molecule has 204 valence electrons. The maximum atomic E-state index is 13.8. The fourth-order valence-corrected chi connectivity index (χ4v) is 5.49. The van der Waals surface area contributed by atoms with Crippen LogP contribution in [0, 0.1) is 0 Å². The average Bonchev–Trinajstić information content (AvgIpc) is 3.34. The highest BCUT2D eigenvalue weighted by atomic mass is 32.2. The molecule has 1 aliphatic heterocycles. The van der Waals surface area contributed by atoms with Gasteiger partial charge in [-0.15, -0.1) is 11.8 Å². The number of carbonyl (C=O) groups excluding carboxylic acids is 1. The van der Waals surface area contributed by atoms with E-state index in [1.54, 1.807) is 18.5 Å². The summed E-state index contributed by atoms with van der Waals surface area (Å²) in [7, 11) is 2.01. The number of carbonyl (C=O) groups is 1. The molecule has 0 unspecified atom stereocenters. The summed E-state index contributed by atoms with van der Waals surface area (Å²) in [5.74, 6) is 0.151. The smallest absolute Gasteiger partial charge is 0.326 e. The fourth-order valence-electron chi connectivity index (χ4n) is 4.60. The molecule has 7 nitrogen and oxygen atoms in total. The number of anilines is 1. The Bertz CT molecular complexity index is 1430. The van der Waals surface area contributed by atoms with E-state index in [9.17, 15) is 18.0 Å². The van der Waals surface area contributed by atoms with Gasteiger partial charge in [-0.1, -0.05) is 6.07 Å². The molecule has 0 radical (unpaired) electrons. The molecule has 2 aromatic heterocycles. The fraction of sp³-hybridized carbons (Fsp3) is 0.321. The van der Waals surface area contributed by atoms with Gasteiger partial charge in [-0.2, -0.15) is 18.3 Å². The van der Waals surface area contributed by atoms with Gasteiger partial charge in [-0.25, -0.2) is 0 Å². The molecule has 1 fully saturated rings. The highest BCUT2D eigenvalue weighted by Gasteiger charge is 2.34. The molecule has 1 saturated heterocycles. The number of likely N-dealkylation sites (N-methyl/N-ethyl adjacent to an activating group) is 1. The second-order valence-corrected chi connectivity index (χ2v) is 10.8. The molecular weight excluding hydrogens is 525 g/mol. The monoisotopic (exact) mass is 554 g/mol. The van der Waals surface area contributed by atoms with Gasteiger partial charge in [0.2, 0.25) is 5.91 Å². The van der Waals surface area contributed by atoms with Gasteiger partial charge >= 0.3 is 6.18 Å². The Labute approximate surface area is 228 Å². The van der Waals surface area contributed by atoms with Crippen molar-refractivity contribution in [1.82, 2.24) is 25.0 Å². The molecule has 4 aromatic rings. The van der Waals surface area contributed by atoms with Crippen LogP contribution in [0.5, 0.6) is 0 Å². The molecule has 0 bridgehead atoms. The number of benzene rings is 2. The minimum Gasteiger partial charge on any atom is -0.326 e. The Morgan fingerprint density at radius 3 is 2.67 bits per heavy atom. The molecule has 0 spiro atoms. The summed E-state index contributed by atoms with van der Waals surface area (Å²) < 4.78 is 41.5. The second-order valence-electron chi connectivity index (χ2n) is 9.62. The number of halogens is 3. The van der Waals surface area contributed by atoms with E-state index in [0.717, 1.165) is 59.3 Å². The Morgan fingerprint density at radius 2 is 1.92 bits per heavy atom. The van der Waals surface area contributed by atoms with Gasteiger partial charge in [0.05, 0.1) is 11.1 Å². The van der Waals surface area contributed by atoms with Crippen LogP contribution in [0.3, 0.4) is 0 Å². The van der Waals surface area contributed by atoms with E-state index in [-0.39, 0.29) is 30.1 Å². The zero-order valence-corrected chi connectivity index (χ0v) is 22.3. The molecule has 5 rings (SSSR count). The summed E-state index contributed by atoms with van der Waals surface area (Å²) in [6.45, 7) is 3.34. The van der Waals surface area contributed by atoms with Gasteiger partial charge in [-0.05, 0) is 55.1 Å². The van der Waals surface area contributed by atoms with Crippen LogP contribution in [0.2, 0.25) is 0 Å². The Morgan fingerprint density at radius 1 is 1.10 bits per heavy atom. The van der Waals surface area contributed by atoms with Crippen LogP contribution < -0.4 is 5.32 Å². The predicted octanol–water partition coefficient (Wildman–Crippen LogP) is 5.51. The van der Waals surface area contributed by atoms with Crippen LogP contribution in [0.4, 0.5) is 18.9 Å². The zero-order valence-electron chi connectivity index (χ0n) is 21.5. The summed E-state index contributed by atoms with van der Waals surface area (Å²) in [5.41, 5.74) is 2.29. The molecule has 1 aliphatic rings. The number of amides is 1. The number of aromatic nitrogens is 3. The molecule has 2 aromatic carbocycles. The average molecular weight is 555 g/mol. The third-order valence-corrected chi connectivity index (χ3v) is 7.75. The van der Waals surface area contributed by atoms with Crippen LogP contribution in [-0.2, 0) is 17.5 Å². The number of H-pyrrole nitrogens is 1. The van der Waals surface area contributed by atoms with Crippen molar-refractivity contribution in [3.8, 4) is 11.3 Å². The van der Waals surface area contributed by atoms with Crippen molar-refractivity contribution in [1.29, 1.82) is 0 Å². The van der Waals surface area contributed by atoms with Gasteiger partial charge in [-0.3, -0.25) is 19.8 Å². The first-order valence-electron chi connectivity index (χ1n) is 12.7. The zero-order chi connectivity index (χ0) is 27.4. The SMILES string of the molecule is CN1CCN(Cc2ccc(NC(=O)CCSc3ccc4c(-c5cccnc5)n[nH]c4c3)cc2C(F)(F)F)CC1. The minimum absolute atomic E-state index is 0.154. The third kappa shape index (κ3) is 6.78. The first kappa shape index (κ1) is 27.2. The normalized spacial score (nSPS) is 15.1. The number of hydrogen-bond acceptors (Lipinski definition) is 6. The molecule has 0 atom stereocenters. The van der Waals surface area contributed by atoms with E-state index in [4.69, 9.17) is 0 Å². The third-order valence-electron chi connectivity index (χ3n) is 6.76. The minimum atomic E-state index is -4.50. The standard InChI is InChI=1S/C28H29F3N6OS/c1-36-10-12-37(13-11-36)18-20-4-5-21(15-24(20)28(29,30)31)33-26(38)8-14-39-22-6-7-23-25(16-22)34-35-27(23)19-3-2-9-32-17-19/h2-7,9,15-17H,8,10-14,18H2,1H3,(H,33,38)(H,34,35). The van der Waals surface area contributed by atoms with Gasteiger partial charge in [0.25, 0.3) is 0 Å². The van der Waals surface area contributed by atoms with E-state index < -0.39 is 11.7 Å². The number of thioether (sulfide) groups is 1. The van der Waals surface area contributed by atoms with Gasteiger partial charge in [0, 0.05) is 78.8 Å². The highest BCUT2D eigenvalue weighted by molar-refractivity contribution is 7.99. The van der Waals surface area contributed by atoms with Crippen molar-refractivity contribution in [3.63, 3.8) is 0 Å². The van der Waals surface area contributed by atoms with E-state index in [2.05, 4.69) is 25.4 Å². The Kier molecular flexibility index (Phi) is 8.20. The molecule has 0 aliphatic carbocycles. The molecule has 2 N–H and O–H groups in total. The van der Waals surface area contributed by atoms with Crippen LogP contribution >= 0.6 is 11.8 Å². The number of aromatic amines is 1. The molecular formula is C28H29F3N6OS. The summed E-state index contributed by atoms with van der Waals surface area (Å²) in [4.78, 5) is 21.8. The lowest BCUT2D eigenvalue weighted by molar-refractivity contribution is -0.138. The van der Waals surface area contributed by atoms with Gasteiger partial charge in [0.15, 0.2) is 0 Å². The van der Waals surface area contributed by atoms with Crippen molar-refractivity contribution in [3.05, 3.63) is 72.1 Å². The maximum absolute atomic E-state index is 13.8. The van der Waals surface area contributed by atoms with E-state index in [0.29, 0.717) is 5.75 Å². The topological polar surface area (TPSA) is 77.2 Å². The number of rotatable bonds is 8. The molecule has 39 heavy (non-hydrogen) atoms. The van der Waals surface area contributed by atoms with Crippen LogP contribution in [0.25, 0.3) is 22.2 Å². The lowest BCUT2D eigenvalue weighted by Gasteiger charge is -2.33. The van der Waals surface area contributed by atoms with Gasteiger partial charge in [0.1, 0.15) is 5.69 Å². The molecule has 11 heteroatoms. The van der Waals surface area contributed by atoms with Crippen molar-refractivity contribution in [2.75, 3.05) is 44.3 Å². The maximum Gasteiger partial charge on any atom is 0.416 e. The Balaban J connectivity index is 1.17. The number of fused-ring (bicyclic) bond motifs is 1. The Hall–Kier alpha value is -3.41. The van der Waals surface area contributed by atoms with Crippen molar-refractivity contribution >= 4 is 34.3 Å². The summed E-state index contributed by atoms with van der Waals surface area (Å²) in [6, 6.07) is 13.8. The van der Waals surface area contributed by atoms with E-state index >= 15 is 0 Å². The first-order valence-corrected chi connectivity index (χ1v) is 13.7. The number of nitrogens with zero attached hydrogens (tertiary/aromatic N) is 4. The van der Waals surface area contributed by atoms with E-state index in [1.807, 2.05) is 42.3 Å². The lowest BCUT2D eigenvalue weighted by Crippen LogP contribution is -2.44. The largest absolute Gasteiger partial charge is 0.416 e. The number of alkyl halides is 3. The number of piperazine rings is 1. The van der Waals surface area contributed by atoms with E-state index in [1.165, 1.54) is 17.8 Å². The summed E-state index contributed by atoms with van der Waals surface area (Å²) in [5, 5.41) is 11.1. The van der Waals surface area contributed by atoms with Crippen molar-refractivity contribution in [2.24, 2.45) is 0 Å². The quantitative estimate of drug-likeness (QED) is 0.280. The number of nitrogens with one attached hydrogen (secondary N) is 2. The van der Waals surface area contributed by atoms with Crippen LogP contribution in [0.1, 0.15) is 17.5 Å². The second kappa shape index (κ2) is 11.8. The predicted molar refractivity (Wildman–Crippen MR) is 148 cm³/mol. The van der Waals surface area contributed by atoms with Crippen LogP contribution in [-0.4, -0.2) is 69.9 Å². The molecule has 3 heterocycles. The van der Waals surface area contributed by atoms with Crippen LogP contribution in [0.15, 0.2) is 65.8 Å².